The molecule has 0 fully saturated rings. The Morgan fingerprint density at radius 2 is 1.81 bits per heavy atom. The Balaban J connectivity index is 1.57. The van der Waals surface area contributed by atoms with Crippen molar-refractivity contribution in [2.75, 3.05) is 6.54 Å². The maximum atomic E-state index is 13.1. The van der Waals surface area contributed by atoms with E-state index in [0.29, 0.717) is 29.8 Å². The third kappa shape index (κ3) is 4.87. The van der Waals surface area contributed by atoms with Gasteiger partial charge in [-0.05, 0) is 48.4 Å². The zero-order chi connectivity index (χ0) is 19.2. The molecule has 0 bridgehead atoms. The summed E-state index contributed by atoms with van der Waals surface area (Å²) >= 11 is 0. The Bertz CT molecular complexity index is 893. The minimum atomic E-state index is -2.86. The number of alkyl halides is 2. The van der Waals surface area contributed by atoms with Crippen LogP contribution in [0.25, 0.3) is 11.3 Å². The number of benzene rings is 2. The first kappa shape index (κ1) is 18.5. The van der Waals surface area contributed by atoms with Crippen molar-refractivity contribution in [1.29, 1.82) is 0 Å². The topological polar surface area (TPSA) is 67.0 Å². The van der Waals surface area contributed by atoms with Crippen molar-refractivity contribution < 1.29 is 22.7 Å². The number of amides is 1. The number of ether oxygens (including phenoxy) is 1. The van der Waals surface area contributed by atoms with E-state index in [1.807, 2.05) is 0 Å². The van der Waals surface area contributed by atoms with Crippen LogP contribution in [0, 0.1) is 5.82 Å². The molecule has 0 unspecified atom stereocenters. The number of nitrogens with zero attached hydrogens (tertiary/aromatic N) is 1. The highest BCUT2D eigenvalue weighted by molar-refractivity contribution is 5.99. The summed E-state index contributed by atoms with van der Waals surface area (Å²) in [6.07, 6.45) is 1.93. The molecule has 3 rings (SSSR count). The average molecular weight is 375 g/mol. The summed E-state index contributed by atoms with van der Waals surface area (Å²) in [5, 5.41) is 9.41. The van der Waals surface area contributed by atoms with Gasteiger partial charge in [0.1, 0.15) is 11.6 Å². The number of aromatic amines is 1. The molecule has 0 saturated heterocycles. The lowest BCUT2D eigenvalue weighted by Gasteiger charge is -2.08. The largest absolute Gasteiger partial charge is 0.435 e. The number of aromatic nitrogens is 2. The zero-order valence-electron chi connectivity index (χ0n) is 14.1. The van der Waals surface area contributed by atoms with Gasteiger partial charge in [-0.25, -0.2) is 4.39 Å². The lowest BCUT2D eigenvalue weighted by molar-refractivity contribution is -0.0498. The van der Waals surface area contributed by atoms with Crippen molar-refractivity contribution in [1.82, 2.24) is 15.5 Å². The van der Waals surface area contributed by atoms with Crippen LogP contribution in [0.2, 0.25) is 0 Å². The Morgan fingerprint density at radius 3 is 2.48 bits per heavy atom. The third-order valence-corrected chi connectivity index (χ3v) is 3.86. The van der Waals surface area contributed by atoms with Gasteiger partial charge in [0.25, 0.3) is 5.91 Å². The molecule has 8 heteroatoms. The highest BCUT2D eigenvalue weighted by Gasteiger charge is 2.15. The normalized spacial score (nSPS) is 10.8. The van der Waals surface area contributed by atoms with Gasteiger partial charge in [0, 0.05) is 12.1 Å². The summed E-state index contributed by atoms with van der Waals surface area (Å²) in [6, 6.07) is 11.9. The number of hydrogen-bond donors (Lipinski definition) is 2. The SMILES string of the molecule is O=C(NCCc1ccc(OC(F)F)cc1)c1cn[nH]c1-c1ccc(F)cc1. The lowest BCUT2D eigenvalue weighted by atomic mass is 10.1. The quantitative estimate of drug-likeness (QED) is 0.660. The smallest absolute Gasteiger partial charge is 0.387 e. The molecular weight excluding hydrogens is 359 g/mol. The van der Waals surface area contributed by atoms with E-state index < -0.39 is 6.61 Å². The van der Waals surface area contributed by atoms with Gasteiger partial charge in [0.05, 0.1) is 17.5 Å². The first-order valence-corrected chi connectivity index (χ1v) is 8.14. The van der Waals surface area contributed by atoms with Crippen LogP contribution in [0.3, 0.4) is 0 Å². The molecule has 0 radical (unpaired) electrons. The average Bonchev–Trinajstić information content (AvgIpc) is 3.13. The summed E-state index contributed by atoms with van der Waals surface area (Å²) < 4.78 is 41.6. The Hall–Kier alpha value is -3.29. The first-order valence-electron chi connectivity index (χ1n) is 8.14. The number of carbonyl (C=O) groups is 1. The van der Waals surface area contributed by atoms with Gasteiger partial charge in [-0.3, -0.25) is 9.89 Å². The predicted molar refractivity (Wildman–Crippen MR) is 93.1 cm³/mol. The van der Waals surface area contributed by atoms with Crippen molar-refractivity contribution in [3.63, 3.8) is 0 Å². The van der Waals surface area contributed by atoms with E-state index in [9.17, 15) is 18.0 Å². The van der Waals surface area contributed by atoms with Gasteiger partial charge in [0.2, 0.25) is 0 Å². The van der Waals surface area contributed by atoms with Crippen LogP contribution in [-0.4, -0.2) is 29.3 Å². The monoisotopic (exact) mass is 375 g/mol. The Labute approximate surface area is 153 Å². The fourth-order valence-corrected chi connectivity index (χ4v) is 2.55. The number of carbonyl (C=O) groups excluding carboxylic acids is 1. The van der Waals surface area contributed by atoms with Crippen LogP contribution >= 0.6 is 0 Å². The third-order valence-electron chi connectivity index (χ3n) is 3.86. The van der Waals surface area contributed by atoms with Gasteiger partial charge in [0.15, 0.2) is 0 Å². The summed E-state index contributed by atoms with van der Waals surface area (Å²) in [7, 11) is 0. The van der Waals surface area contributed by atoms with Crippen LogP contribution in [0.1, 0.15) is 15.9 Å². The number of rotatable bonds is 7. The van der Waals surface area contributed by atoms with E-state index in [1.165, 1.54) is 30.5 Å². The molecule has 2 aromatic carbocycles. The highest BCUT2D eigenvalue weighted by Crippen LogP contribution is 2.21. The molecule has 27 heavy (non-hydrogen) atoms. The van der Waals surface area contributed by atoms with Gasteiger partial charge in [-0.15, -0.1) is 0 Å². The molecule has 0 aliphatic rings. The molecule has 1 aromatic heterocycles. The molecule has 0 aliphatic heterocycles. The van der Waals surface area contributed by atoms with E-state index in [0.717, 1.165) is 5.56 Å². The molecule has 0 saturated carbocycles. The molecule has 5 nitrogen and oxygen atoms in total. The molecule has 1 amide bonds. The Morgan fingerprint density at radius 1 is 1.11 bits per heavy atom. The van der Waals surface area contributed by atoms with Gasteiger partial charge >= 0.3 is 6.61 Å². The first-order chi connectivity index (χ1) is 13.0. The zero-order valence-corrected chi connectivity index (χ0v) is 14.1. The van der Waals surface area contributed by atoms with Gasteiger partial charge in [-0.2, -0.15) is 13.9 Å². The van der Waals surface area contributed by atoms with Crippen molar-refractivity contribution >= 4 is 5.91 Å². The number of nitrogens with one attached hydrogen (secondary N) is 2. The van der Waals surface area contributed by atoms with E-state index in [-0.39, 0.29) is 17.5 Å². The van der Waals surface area contributed by atoms with E-state index in [1.54, 1.807) is 24.3 Å². The van der Waals surface area contributed by atoms with E-state index in [2.05, 4.69) is 20.3 Å². The Kier molecular flexibility index (Phi) is 5.75. The second-order valence-electron chi connectivity index (χ2n) is 5.69. The van der Waals surface area contributed by atoms with Gasteiger partial charge in [-0.1, -0.05) is 12.1 Å². The summed E-state index contributed by atoms with van der Waals surface area (Å²) in [5.74, 6) is -0.602. The number of hydrogen-bond acceptors (Lipinski definition) is 3. The van der Waals surface area contributed by atoms with Crippen molar-refractivity contribution in [3.05, 3.63) is 71.7 Å². The molecule has 3 aromatic rings. The van der Waals surface area contributed by atoms with Crippen LogP contribution in [0.5, 0.6) is 5.75 Å². The van der Waals surface area contributed by atoms with Crippen LogP contribution in [0.15, 0.2) is 54.7 Å². The predicted octanol–water partition coefficient (Wildman–Crippen LogP) is 3.79. The molecule has 0 atom stereocenters. The molecule has 0 aliphatic carbocycles. The second kappa shape index (κ2) is 8.39. The maximum absolute atomic E-state index is 13.1. The molecule has 1 heterocycles. The summed E-state index contributed by atoms with van der Waals surface area (Å²) in [4.78, 5) is 12.4. The fraction of sp³-hybridized carbons (Fsp3) is 0.158. The number of halogens is 3. The van der Waals surface area contributed by atoms with Crippen LogP contribution < -0.4 is 10.1 Å². The van der Waals surface area contributed by atoms with Crippen LogP contribution in [0.4, 0.5) is 13.2 Å². The molecule has 140 valence electrons. The standard InChI is InChI=1S/C19H16F3N3O2/c20-14-5-3-13(4-6-14)17-16(11-24-25-17)18(26)23-10-9-12-1-7-15(8-2-12)27-19(21)22/h1-8,11,19H,9-10H2,(H,23,26)(H,24,25). The van der Waals surface area contributed by atoms with E-state index >= 15 is 0 Å². The highest BCUT2D eigenvalue weighted by atomic mass is 19.3. The molecule has 0 spiro atoms. The van der Waals surface area contributed by atoms with Crippen LogP contribution in [-0.2, 0) is 6.42 Å². The second-order valence-corrected chi connectivity index (χ2v) is 5.69. The minimum Gasteiger partial charge on any atom is -0.435 e. The summed E-state index contributed by atoms with van der Waals surface area (Å²) in [5.41, 5.74) is 2.36. The van der Waals surface area contributed by atoms with Crippen molar-refractivity contribution in [3.8, 4) is 17.0 Å². The number of H-pyrrole nitrogens is 1. The fourth-order valence-electron chi connectivity index (χ4n) is 2.55. The summed E-state index contributed by atoms with van der Waals surface area (Å²) in [6.45, 7) is -2.51. The maximum Gasteiger partial charge on any atom is 0.387 e. The van der Waals surface area contributed by atoms with Gasteiger partial charge < -0.3 is 10.1 Å². The van der Waals surface area contributed by atoms with Crippen molar-refractivity contribution in [2.24, 2.45) is 0 Å². The molecule has 2 N–H and O–H groups in total. The minimum absolute atomic E-state index is 0.0834. The lowest BCUT2D eigenvalue weighted by Crippen LogP contribution is -2.25. The molecular formula is C19H16F3N3O2. The van der Waals surface area contributed by atoms with E-state index in [4.69, 9.17) is 0 Å². The van der Waals surface area contributed by atoms with Crippen molar-refractivity contribution in [2.45, 2.75) is 13.0 Å².